The van der Waals surface area contributed by atoms with Gasteiger partial charge in [-0.05, 0) is 13.8 Å². The molecule has 0 aliphatic rings. The Balaban J connectivity index is 0. The van der Waals surface area contributed by atoms with Gasteiger partial charge < -0.3 is 9.47 Å². The second-order valence-electron chi connectivity index (χ2n) is 1.44. The molecule has 0 amide bonds. The van der Waals surface area contributed by atoms with Crippen LogP contribution in [0.2, 0.25) is 0 Å². The van der Waals surface area contributed by atoms with Crippen LogP contribution in [0.4, 0.5) is 0 Å². The van der Waals surface area contributed by atoms with E-state index in [0.717, 1.165) is 0 Å². The van der Waals surface area contributed by atoms with Gasteiger partial charge in [0, 0.05) is 0 Å². The van der Waals surface area contributed by atoms with Gasteiger partial charge in [-0.15, -0.1) is 0 Å². The Morgan fingerprint density at radius 2 is 1.27 bits per heavy atom. The fraction of sp³-hybridized carbons (Fsp3) is 0.667. The van der Waals surface area contributed by atoms with Crippen molar-refractivity contribution in [1.82, 2.24) is 0 Å². The van der Waals surface area contributed by atoms with Crippen molar-refractivity contribution >= 4 is 63.3 Å². The van der Waals surface area contributed by atoms with Crippen LogP contribution in [0.3, 0.4) is 0 Å². The maximum absolute atomic E-state index is 10.4. The van der Waals surface area contributed by atoms with E-state index in [2.05, 4.69) is 9.47 Å². The molecule has 0 aromatic carbocycles. The molecule has 4 nitrogen and oxygen atoms in total. The third kappa shape index (κ3) is 6.95. The molecule has 0 rings (SSSR count). The molecular weight excluding hydrogens is 175 g/mol. The van der Waals surface area contributed by atoms with Crippen LogP contribution in [0.5, 0.6) is 0 Å². The molecule has 0 saturated heterocycles. The first-order chi connectivity index (χ1) is 4.72. The third-order valence-corrected chi connectivity index (χ3v) is 0.718. The zero-order chi connectivity index (χ0) is 7.98. The maximum atomic E-state index is 10.4. The van der Waals surface area contributed by atoms with Crippen molar-refractivity contribution in [3.8, 4) is 0 Å². The summed E-state index contributed by atoms with van der Waals surface area (Å²) in [7, 11) is 0. The molecule has 60 valence electrons. The van der Waals surface area contributed by atoms with Gasteiger partial charge in [0.25, 0.3) is 0 Å². The van der Waals surface area contributed by atoms with Crippen LogP contribution in [0.15, 0.2) is 0 Å². The van der Waals surface area contributed by atoms with E-state index in [4.69, 9.17) is 0 Å². The van der Waals surface area contributed by atoms with Crippen molar-refractivity contribution in [1.29, 1.82) is 0 Å². The Morgan fingerprint density at radius 3 is 1.45 bits per heavy atom. The SMILES string of the molecule is CCOC(=O)C(=O)OCC.[KH]. The van der Waals surface area contributed by atoms with Crippen molar-refractivity contribution < 1.29 is 19.1 Å². The van der Waals surface area contributed by atoms with Gasteiger partial charge in [0.05, 0.1) is 13.2 Å². The molecule has 0 atom stereocenters. The molecule has 0 aromatic heterocycles. The summed E-state index contributed by atoms with van der Waals surface area (Å²) in [4.78, 5) is 20.9. The van der Waals surface area contributed by atoms with Gasteiger partial charge >= 0.3 is 63.3 Å². The van der Waals surface area contributed by atoms with Gasteiger partial charge in [-0.1, -0.05) is 0 Å². The minimum absolute atomic E-state index is 0. The van der Waals surface area contributed by atoms with Gasteiger partial charge in [0.1, 0.15) is 0 Å². The Labute approximate surface area is 108 Å². The van der Waals surface area contributed by atoms with Crippen molar-refractivity contribution in [2.24, 2.45) is 0 Å². The first-order valence-electron chi connectivity index (χ1n) is 3.06. The number of hydrogen-bond donors (Lipinski definition) is 0. The van der Waals surface area contributed by atoms with Crippen molar-refractivity contribution in [3.05, 3.63) is 0 Å². The zero-order valence-corrected chi connectivity index (χ0v) is 6.05. The normalized spacial score (nSPS) is 7.82. The summed E-state index contributed by atoms with van der Waals surface area (Å²) in [6, 6.07) is 0. The Morgan fingerprint density at radius 1 is 1.00 bits per heavy atom. The predicted molar refractivity (Wildman–Crippen MR) is 40.4 cm³/mol. The average Bonchev–Trinajstić information content (AvgIpc) is 1.89. The number of hydrogen-bond acceptors (Lipinski definition) is 4. The van der Waals surface area contributed by atoms with E-state index in [0.29, 0.717) is 0 Å². The third-order valence-electron chi connectivity index (χ3n) is 0.718. The molecule has 0 radical (unpaired) electrons. The molecule has 5 heteroatoms. The summed E-state index contributed by atoms with van der Waals surface area (Å²) in [5.41, 5.74) is 0. The van der Waals surface area contributed by atoms with E-state index in [-0.39, 0.29) is 64.6 Å². The number of esters is 2. The Bertz CT molecular complexity index is 119. The fourth-order valence-corrected chi connectivity index (χ4v) is 0.380. The molecule has 0 bridgehead atoms. The topological polar surface area (TPSA) is 52.6 Å². The Kier molecular flexibility index (Phi) is 11.1. The molecule has 0 aromatic rings. The van der Waals surface area contributed by atoms with Gasteiger partial charge in [-0.2, -0.15) is 0 Å². The minimum atomic E-state index is -0.927. The summed E-state index contributed by atoms with van der Waals surface area (Å²) >= 11 is 0. The van der Waals surface area contributed by atoms with Crippen LogP contribution in [-0.4, -0.2) is 76.5 Å². The monoisotopic (exact) mass is 186 g/mol. The molecule has 0 fully saturated rings. The molecular formula is C6H11KO4. The van der Waals surface area contributed by atoms with Crippen LogP contribution in [-0.2, 0) is 19.1 Å². The Hall–Kier alpha value is 0.576. The summed E-state index contributed by atoms with van der Waals surface area (Å²) in [5, 5.41) is 0. The molecule has 0 spiro atoms. The van der Waals surface area contributed by atoms with Gasteiger partial charge in [-0.3, -0.25) is 0 Å². The number of rotatable bonds is 2. The van der Waals surface area contributed by atoms with Crippen molar-refractivity contribution in [3.63, 3.8) is 0 Å². The quantitative estimate of drug-likeness (QED) is 0.330. The molecule has 0 unspecified atom stereocenters. The van der Waals surface area contributed by atoms with E-state index >= 15 is 0 Å². The molecule has 0 N–H and O–H groups in total. The molecule has 0 saturated carbocycles. The van der Waals surface area contributed by atoms with E-state index < -0.39 is 11.9 Å². The van der Waals surface area contributed by atoms with Crippen LogP contribution >= 0.6 is 0 Å². The second-order valence-corrected chi connectivity index (χ2v) is 1.44. The van der Waals surface area contributed by atoms with E-state index in [1.54, 1.807) is 13.8 Å². The summed E-state index contributed by atoms with van der Waals surface area (Å²) in [6.07, 6.45) is 0. The molecule has 0 heterocycles. The van der Waals surface area contributed by atoms with Gasteiger partial charge in [0.2, 0.25) is 0 Å². The van der Waals surface area contributed by atoms with Gasteiger partial charge in [0.15, 0.2) is 0 Å². The van der Waals surface area contributed by atoms with E-state index in [9.17, 15) is 9.59 Å². The summed E-state index contributed by atoms with van der Waals surface area (Å²) in [5.74, 6) is -1.85. The standard InChI is InChI=1S/C6H10O4.K.H/c1-3-9-5(7)6(8)10-4-2;;/h3-4H2,1-2H3;;. The molecule has 0 aliphatic carbocycles. The van der Waals surface area contributed by atoms with Gasteiger partial charge in [-0.25, -0.2) is 9.59 Å². The zero-order valence-electron chi connectivity index (χ0n) is 6.05. The molecule has 11 heavy (non-hydrogen) atoms. The van der Waals surface area contributed by atoms with Crippen LogP contribution in [0.25, 0.3) is 0 Å². The summed E-state index contributed by atoms with van der Waals surface area (Å²) < 4.78 is 8.69. The van der Waals surface area contributed by atoms with Crippen molar-refractivity contribution in [2.75, 3.05) is 13.2 Å². The first kappa shape index (κ1) is 14.1. The number of carbonyl (C=O) groups is 2. The fourth-order valence-electron chi connectivity index (χ4n) is 0.380. The predicted octanol–water partition coefficient (Wildman–Crippen LogP) is -0.536. The summed E-state index contributed by atoms with van der Waals surface area (Å²) in [6.45, 7) is 3.63. The second kappa shape index (κ2) is 8.67. The van der Waals surface area contributed by atoms with Crippen molar-refractivity contribution in [2.45, 2.75) is 13.8 Å². The van der Waals surface area contributed by atoms with Crippen LogP contribution in [0, 0.1) is 0 Å². The first-order valence-corrected chi connectivity index (χ1v) is 3.06. The van der Waals surface area contributed by atoms with E-state index in [1.165, 1.54) is 0 Å². The number of carbonyl (C=O) groups excluding carboxylic acids is 2. The van der Waals surface area contributed by atoms with Crippen LogP contribution < -0.4 is 0 Å². The van der Waals surface area contributed by atoms with E-state index in [1.807, 2.05) is 0 Å². The van der Waals surface area contributed by atoms with Crippen LogP contribution in [0.1, 0.15) is 13.8 Å². The number of ether oxygens (including phenoxy) is 2. The average molecular weight is 186 g/mol. The molecule has 0 aliphatic heterocycles.